The maximum Gasteiger partial charge on any atom is 0.165 e. The van der Waals surface area contributed by atoms with Crippen molar-refractivity contribution in [2.75, 3.05) is 18.0 Å². The number of pyridine rings is 1. The van der Waals surface area contributed by atoms with Crippen molar-refractivity contribution in [1.29, 1.82) is 0 Å². The largest absolute Gasteiger partial charge is 0.356 e. The average Bonchev–Trinajstić information content (AvgIpc) is 3.34. The maximum atomic E-state index is 4.90. The first-order chi connectivity index (χ1) is 13.7. The van der Waals surface area contributed by atoms with E-state index in [1.807, 2.05) is 37.0 Å². The van der Waals surface area contributed by atoms with Crippen molar-refractivity contribution < 1.29 is 0 Å². The van der Waals surface area contributed by atoms with Crippen molar-refractivity contribution in [1.82, 2.24) is 39.5 Å². The van der Waals surface area contributed by atoms with E-state index < -0.39 is 0 Å². The molecule has 0 aliphatic carbocycles. The Labute approximate surface area is 162 Å². The number of nitrogens with zero attached hydrogens (tertiary/aromatic N) is 9. The number of anilines is 1. The van der Waals surface area contributed by atoms with Crippen LogP contribution in [0.4, 0.5) is 5.82 Å². The van der Waals surface area contributed by atoms with Gasteiger partial charge < -0.3 is 9.47 Å². The van der Waals surface area contributed by atoms with Crippen molar-refractivity contribution in [3.63, 3.8) is 0 Å². The van der Waals surface area contributed by atoms with Gasteiger partial charge in [0, 0.05) is 51.1 Å². The summed E-state index contributed by atoms with van der Waals surface area (Å²) in [5.41, 5.74) is 1.74. The van der Waals surface area contributed by atoms with Gasteiger partial charge in [0.15, 0.2) is 11.5 Å². The van der Waals surface area contributed by atoms with E-state index in [0.29, 0.717) is 11.7 Å². The van der Waals surface area contributed by atoms with Gasteiger partial charge in [0.1, 0.15) is 18.0 Å². The van der Waals surface area contributed by atoms with E-state index in [2.05, 4.69) is 25.2 Å². The van der Waals surface area contributed by atoms with E-state index in [0.717, 1.165) is 54.2 Å². The second-order valence-corrected chi connectivity index (χ2v) is 7.18. The Morgan fingerprint density at radius 3 is 2.64 bits per heavy atom. The predicted molar refractivity (Wildman–Crippen MR) is 105 cm³/mol. The van der Waals surface area contributed by atoms with E-state index in [4.69, 9.17) is 9.97 Å². The normalized spacial score (nSPS) is 15.4. The maximum absolute atomic E-state index is 4.90. The minimum Gasteiger partial charge on any atom is -0.356 e. The molecule has 0 saturated carbocycles. The summed E-state index contributed by atoms with van der Waals surface area (Å²) in [5.74, 6) is 3.10. The second-order valence-electron chi connectivity index (χ2n) is 7.18. The van der Waals surface area contributed by atoms with Crippen molar-refractivity contribution in [3.8, 4) is 11.4 Å². The van der Waals surface area contributed by atoms with Crippen LogP contribution in [0.25, 0.3) is 22.4 Å². The molecule has 9 nitrogen and oxygen atoms in total. The highest BCUT2D eigenvalue weighted by molar-refractivity contribution is 5.88. The van der Waals surface area contributed by atoms with Crippen LogP contribution in [0.2, 0.25) is 0 Å². The number of piperidine rings is 1. The monoisotopic (exact) mass is 375 g/mol. The van der Waals surface area contributed by atoms with E-state index >= 15 is 0 Å². The first kappa shape index (κ1) is 16.8. The number of hydrogen-bond donors (Lipinski definition) is 0. The third-order valence-electron chi connectivity index (χ3n) is 5.40. The van der Waals surface area contributed by atoms with Gasteiger partial charge >= 0.3 is 0 Å². The smallest absolute Gasteiger partial charge is 0.165 e. The lowest BCUT2D eigenvalue weighted by atomic mass is 9.96. The molecule has 1 saturated heterocycles. The van der Waals surface area contributed by atoms with Crippen LogP contribution < -0.4 is 4.90 Å². The molecule has 0 amide bonds. The van der Waals surface area contributed by atoms with Gasteiger partial charge in [0.05, 0.1) is 11.6 Å². The van der Waals surface area contributed by atoms with E-state index in [1.165, 1.54) is 0 Å². The van der Waals surface area contributed by atoms with Gasteiger partial charge in [0.2, 0.25) is 0 Å². The molecule has 1 aliphatic rings. The minimum atomic E-state index is 0.424. The number of aryl methyl sites for hydroxylation is 2. The van der Waals surface area contributed by atoms with E-state index in [1.54, 1.807) is 23.4 Å². The fourth-order valence-corrected chi connectivity index (χ4v) is 3.88. The quantitative estimate of drug-likeness (QED) is 0.540. The molecule has 0 spiro atoms. The molecule has 4 aromatic heterocycles. The summed E-state index contributed by atoms with van der Waals surface area (Å²) < 4.78 is 3.82. The molecule has 9 heteroatoms. The van der Waals surface area contributed by atoms with Crippen molar-refractivity contribution in [2.45, 2.75) is 18.8 Å². The third kappa shape index (κ3) is 2.79. The van der Waals surface area contributed by atoms with Gasteiger partial charge in [-0.3, -0.25) is 9.67 Å². The molecule has 0 radical (unpaired) electrons. The minimum absolute atomic E-state index is 0.424. The van der Waals surface area contributed by atoms with Crippen LogP contribution in [0.1, 0.15) is 24.6 Å². The zero-order valence-electron chi connectivity index (χ0n) is 15.9. The Kier molecular flexibility index (Phi) is 4.00. The van der Waals surface area contributed by atoms with Gasteiger partial charge in [0.25, 0.3) is 0 Å². The fraction of sp³-hybridized carbons (Fsp3) is 0.368. The van der Waals surface area contributed by atoms with Crippen molar-refractivity contribution in [3.05, 3.63) is 42.9 Å². The zero-order valence-corrected chi connectivity index (χ0v) is 15.9. The Balaban J connectivity index is 1.50. The molecule has 0 unspecified atom stereocenters. The number of fused-ring (bicyclic) bond motifs is 1. The number of rotatable bonds is 3. The molecule has 0 aromatic carbocycles. The molecule has 0 N–H and O–H groups in total. The molecule has 28 heavy (non-hydrogen) atoms. The summed E-state index contributed by atoms with van der Waals surface area (Å²) in [7, 11) is 3.91. The van der Waals surface area contributed by atoms with Crippen LogP contribution in [0.15, 0.2) is 37.1 Å². The summed E-state index contributed by atoms with van der Waals surface area (Å²) in [5, 5.41) is 13.7. The molecule has 4 aromatic rings. The lowest BCUT2D eigenvalue weighted by molar-refractivity contribution is 0.473. The molecule has 0 bridgehead atoms. The molecule has 142 valence electrons. The highest BCUT2D eigenvalue weighted by Crippen LogP contribution is 2.32. The highest BCUT2D eigenvalue weighted by Gasteiger charge is 2.26. The first-order valence-electron chi connectivity index (χ1n) is 9.39. The Hall–Kier alpha value is -3.36. The highest BCUT2D eigenvalue weighted by atomic mass is 15.3. The topological polar surface area (TPSA) is 90.4 Å². The Morgan fingerprint density at radius 2 is 1.93 bits per heavy atom. The summed E-state index contributed by atoms with van der Waals surface area (Å²) in [6.07, 6.45) is 9.20. The van der Waals surface area contributed by atoms with Crippen LogP contribution in [0.5, 0.6) is 0 Å². The third-order valence-corrected chi connectivity index (χ3v) is 5.40. The fourth-order valence-electron chi connectivity index (χ4n) is 3.88. The molecule has 5 heterocycles. The lowest BCUT2D eigenvalue weighted by Crippen LogP contribution is -2.34. The van der Waals surface area contributed by atoms with Crippen LogP contribution in [0, 0.1) is 0 Å². The van der Waals surface area contributed by atoms with Gasteiger partial charge in [-0.25, -0.2) is 9.97 Å². The Bertz CT molecular complexity index is 1110. The molecule has 0 atom stereocenters. The summed E-state index contributed by atoms with van der Waals surface area (Å²) >= 11 is 0. The number of aromatic nitrogens is 8. The number of hydrogen-bond acceptors (Lipinski definition) is 7. The predicted octanol–water partition coefficient (Wildman–Crippen LogP) is 1.94. The van der Waals surface area contributed by atoms with Crippen LogP contribution in [-0.4, -0.2) is 52.6 Å². The van der Waals surface area contributed by atoms with Crippen LogP contribution >= 0.6 is 0 Å². The van der Waals surface area contributed by atoms with Gasteiger partial charge in [-0.15, -0.1) is 10.2 Å². The molecule has 1 fully saturated rings. The molecule has 5 rings (SSSR count). The lowest BCUT2D eigenvalue weighted by Gasteiger charge is -2.32. The SMILES string of the molecule is Cn1cnnc1C1CCN(c2nc(-c3cccnc3)nc3c2cnn3C)CC1. The Morgan fingerprint density at radius 1 is 1.07 bits per heavy atom. The van der Waals surface area contributed by atoms with Crippen LogP contribution in [0.3, 0.4) is 0 Å². The summed E-state index contributed by atoms with van der Waals surface area (Å²) in [4.78, 5) is 16.2. The first-order valence-corrected chi connectivity index (χ1v) is 9.39. The molecule has 1 aliphatic heterocycles. The van der Waals surface area contributed by atoms with Crippen LogP contribution in [-0.2, 0) is 14.1 Å². The standard InChI is InChI=1S/C19H21N9/c1-26-12-21-25-17(26)13-5-8-28(9-6-13)19-15-11-22-27(2)18(15)23-16(24-19)14-4-3-7-20-10-14/h3-4,7,10-13H,5-6,8-9H2,1-2H3. The van der Waals surface area contributed by atoms with Gasteiger partial charge in [-0.05, 0) is 25.0 Å². The van der Waals surface area contributed by atoms with Crippen molar-refractivity contribution in [2.24, 2.45) is 14.1 Å². The van der Waals surface area contributed by atoms with E-state index in [-0.39, 0.29) is 0 Å². The molecular weight excluding hydrogens is 354 g/mol. The van der Waals surface area contributed by atoms with Gasteiger partial charge in [-0.2, -0.15) is 5.10 Å². The summed E-state index contributed by atoms with van der Waals surface area (Å²) in [6, 6.07) is 3.88. The van der Waals surface area contributed by atoms with Crippen molar-refractivity contribution >= 4 is 16.9 Å². The van der Waals surface area contributed by atoms with E-state index in [9.17, 15) is 0 Å². The second kappa shape index (κ2) is 6.66. The average molecular weight is 375 g/mol. The van der Waals surface area contributed by atoms with Gasteiger partial charge in [-0.1, -0.05) is 0 Å². The molecular formula is C19H21N9. The zero-order chi connectivity index (χ0) is 19.1. The summed E-state index contributed by atoms with van der Waals surface area (Å²) in [6.45, 7) is 1.82.